The molecule has 0 aliphatic rings. The smallest absolute Gasteiger partial charge is 0.222 e. The Bertz CT molecular complexity index is 623. The summed E-state index contributed by atoms with van der Waals surface area (Å²) in [6.45, 7) is 10.8. The average molecular weight is 275 g/mol. The summed E-state index contributed by atoms with van der Waals surface area (Å²) in [5, 5.41) is 11.7. The van der Waals surface area contributed by atoms with E-state index in [1.54, 1.807) is 6.08 Å². The molecule has 0 bridgehead atoms. The molecule has 0 atom stereocenters. The summed E-state index contributed by atoms with van der Waals surface area (Å²) in [6.07, 6.45) is 3.88. The summed E-state index contributed by atoms with van der Waals surface area (Å²) < 4.78 is 3.82. The highest BCUT2D eigenvalue weighted by Gasteiger charge is 2.15. The van der Waals surface area contributed by atoms with Crippen molar-refractivity contribution in [1.82, 2.24) is 24.9 Å². The lowest BCUT2D eigenvalue weighted by molar-refractivity contribution is -0.121. The lowest BCUT2D eigenvalue weighted by Gasteiger charge is -2.04. The minimum absolute atomic E-state index is 0.00227. The molecular formula is C14H21N5O. The lowest BCUT2D eigenvalue weighted by Crippen LogP contribution is -2.24. The zero-order chi connectivity index (χ0) is 14.7. The van der Waals surface area contributed by atoms with Gasteiger partial charge in [-0.25, -0.2) is 0 Å². The van der Waals surface area contributed by atoms with Gasteiger partial charge in [-0.15, -0.1) is 6.58 Å². The number of aryl methyl sites for hydroxylation is 2. The number of nitrogens with zero attached hydrogens (tertiary/aromatic N) is 4. The molecule has 2 aromatic rings. The SMILES string of the molecule is C=CCNC(=O)CCn1ncc2c1c(C)nn2C(C)C. The third-order valence-corrected chi connectivity index (χ3v) is 3.15. The van der Waals surface area contributed by atoms with E-state index in [0.717, 1.165) is 16.7 Å². The molecule has 0 unspecified atom stereocenters. The molecule has 2 heterocycles. The van der Waals surface area contributed by atoms with Crippen molar-refractivity contribution in [1.29, 1.82) is 0 Å². The highest BCUT2D eigenvalue weighted by Crippen LogP contribution is 2.21. The van der Waals surface area contributed by atoms with E-state index >= 15 is 0 Å². The van der Waals surface area contributed by atoms with Gasteiger partial charge in [0, 0.05) is 19.0 Å². The third kappa shape index (κ3) is 2.74. The standard InChI is InChI=1S/C14H21N5O/c1-5-7-15-13(20)6-8-18-14-11(4)17-19(10(2)3)12(14)9-16-18/h5,9-10H,1,6-8H2,2-4H3,(H,15,20). The first kappa shape index (κ1) is 14.3. The zero-order valence-electron chi connectivity index (χ0n) is 12.3. The molecular weight excluding hydrogens is 254 g/mol. The third-order valence-electron chi connectivity index (χ3n) is 3.15. The number of amides is 1. The highest BCUT2D eigenvalue weighted by molar-refractivity contribution is 5.79. The van der Waals surface area contributed by atoms with E-state index in [0.29, 0.717) is 25.6 Å². The maximum absolute atomic E-state index is 11.6. The number of rotatable bonds is 6. The lowest BCUT2D eigenvalue weighted by atomic mass is 10.3. The van der Waals surface area contributed by atoms with Gasteiger partial charge >= 0.3 is 0 Å². The van der Waals surface area contributed by atoms with Gasteiger partial charge in [0.15, 0.2) is 0 Å². The second kappa shape index (κ2) is 5.90. The molecule has 0 radical (unpaired) electrons. The molecule has 0 saturated carbocycles. The van der Waals surface area contributed by atoms with Crippen LogP contribution in [0.2, 0.25) is 0 Å². The van der Waals surface area contributed by atoms with Gasteiger partial charge in [-0.2, -0.15) is 10.2 Å². The Balaban J connectivity index is 2.15. The van der Waals surface area contributed by atoms with Gasteiger partial charge in [0.2, 0.25) is 5.91 Å². The van der Waals surface area contributed by atoms with Crippen molar-refractivity contribution >= 4 is 16.9 Å². The minimum Gasteiger partial charge on any atom is -0.353 e. The second-order valence-electron chi connectivity index (χ2n) is 5.07. The molecule has 6 heteroatoms. The van der Waals surface area contributed by atoms with Crippen LogP contribution < -0.4 is 5.32 Å². The van der Waals surface area contributed by atoms with Crippen LogP contribution in [0.15, 0.2) is 18.9 Å². The number of carbonyl (C=O) groups is 1. The maximum atomic E-state index is 11.6. The fourth-order valence-corrected chi connectivity index (χ4v) is 2.22. The Labute approximate surface area is 118 Å². The van der Waals surface area contributed by atoms with Crippen molar-refractivity contribution < 1.29 is 4.79 Å². The molecule has 0 aliphatic carbocycles. The first-order valence-corrected chi connectivity index (χ1v) is 6.82. The number of nitrogens with one attached hydrogen (secondary N) is 1. The quantitative estimate of drug-likeness (QED) is 0.818. The van der Waals surface area contributed by atoms with Gasteiger partial charge in [-0.3, -0.25) is 14.2 Å². The summed E-state index contributed by atoms with van der Waals surface area (Å²) in [6, 6.07) is 0.291. The van der Waals surface area contributed by atoms with Gasteiger partial charge in [0.25, 0.3) is 0 Å². The summed E-state index contributed by atoms with van der Waals surface area (Å²) in [4.78, 5) is 11.6. The first-order chi connectivity index (χ1) is 9.54. The normalized spacial score (nSPS) is 11.2. The van der Waals surface area contributed by atoms with Crippen LogP contribution in [-0.4, -0.2) is 32.0 Å². The van der Waals surface area contributed by atoms with Crippen molar-refractivity contribution in [2.75, 3.05) is 6.54 Å². The molecule has 1 amide bonds. The largest absolute Gasteiger partial charge is 0.353 e. The number of hydrogen-bond donors (Lipinski definition) is 1. The van der Waals surface area contributed by atoms with E-state index in [2.05, 4.69) is 35.9 Å². The van der Waals surface area contributed by atoms with Crippen molar-refractivity contribution in [2.45, 2.75) is 39.8 Å². The monoisotopic (exact) mass is 275 g/mol. The summed E-state index contributed by atoms with van der Waals surface area (Å²) in [5.74, 6) is 0.00227. The van der Waals surface area contributed by atoms with E-state index < -0.39 is 0 Å². The molecule has 0 aliphatic heterocycles. The van der Waals surface area contributed by atoms with Crippen molar-refractivity contribution in [3.05, 3.63) is 24.5 Å². The van der Waals surface area contributed by atoms with Gasteiger partial charge in [0.1, 0.15) is 11.0 Å². The molecule has 6 nitrogen and oxygen atoms in total. The Morgan fingerprint density at radius 3 is 2.95 bits per heavy atom. The zero-order valence-corrected chi connectivity index (χ0v) is 12.3. The summed E-state index contributed by atoms with van der Waals surface area (Å²) >= 11 is 0. The van der Waals surface area contributed by atoms with Crippen LogP contribution in [-0.2, 0) is 11.3 Å². The fraction of sp³-hybridized carbons (Fsp3) is 0.500. The number of aromatic nitrogens is 4. The predicted octanol–water partition coefficient (Wildman–Crippen LogP) is 1.81. The van der Waals surface area contributed by atoms with E-state index in [9.17, 15) is 4.79 Å². The van der Waals surface area contributed by atoms with Crippen LogP contribution >= 0.6 is 0 Å². The number of carbonyl (C=O) groups excluding carboxylic acids is 1. The molecule has 108 valence electrons. The predicted molar refractivity (Wildman–Crippen MR) is 78.5 cm³/mol. The van der Waals surface area contributed by atoms with E-state index in [-0.39, 0.29) is 5.91 Å². The van der Waals surface area contributed by atoms with Gasteiger partial charge in [0.05, 0.1) is 18.4 Å². The molecule has 0 saturated heterocycles. The Morgan fingerprint density at radius 1 is 1.55 bits per heavy atom. The Kier molecular flexibility index (Phi) is 4.22. The average Bonchev–Trinajstić information content (AvgIpc) is 2.96. The summed E-state index contributed by atoms with van der Waals surface area (Å²) in [7, 11) is 0. The van der Waals surface area contributed by atoms with Crippen molar-refractivity contribution in [2.24, 2.45) is 0 Å². The van der Waals surface area contributed by atoms with Gasteiger partial charge in [-0.05, 0) is 20.8 Å². The molecule has 2 aromatic heterocycles. The van der Waals surface area contributed by atoms with Gasteiger partial charge < -0.3 is 5.32 Å². The van der Waals surface area contributed by atoms with Crippen LogP contribution in [0.5, 0.6) is 0 Å². The van der Waals surface area contributed by atoms with Crippen LogP contribution in [0.25, 0.3) is 11.0 Å². The van der Waals surface area contributed by atoms with Crippen molar-refractivity contribution in [3.63, 3.8) is 0 Å². The highest BCUT2D eigenvalue weighted by atomic mass is 16.1. The number of hydrogen-bond acceptors (Lipinski definition) is 3. The second-order valence-corrected chi connectivity index (χ2v) is 5.07. The van der Waals surface area contributed by atoms with E-state index in [4.69, 9.17) is 0 Å². The fourth-order valence-electron chi connectivity index (χ4n) is 2.22. The van der Waals surface area contributed by atoms with Crippen LogP contribution in [0, 0.1) is 6.92 Å². The van der Waals surface area contributed by atoms with Crippen LogP contribution in [0.4, 0.5) is 0 Å². The maximum Gasteiger partial charge on any atom is 0.222 e. The molecule has 1 N–H and O–H groups in total. The first-order valence-electron chi connectivity index (χ1n) is 6.82. The molecule has 2 rings (SSSR count). The molecule has 20 heavy (non-hydrogen) atoms. The summed E-state index contributed by atoms with van der Waals surface area (Å²) in [5.41, 5.74) is 2.97. The molecule has 0 fully saturated rings. The molecule has 0 aromatic carbocycles. The number of fused-ring (bicyclic) bond motifs is 1. The topological polar surface area (TPSA) is 64.7 Å². The van der Waals surface area contributed by atoms with Gasteiger partial charge in [-0.1, -0.05) is 6.08 Å². The molecule has 0 spiro atoms. The Morgan fingerprint density at radius 2 is 2.30 bits per heavy atom. The van der Waals surface area contributed by atoms with Crippen LogP contribution in [0.1, 0.15) is 32.0 Å². The van der Waals surface area contributed by atoms with E-state index in [1.165, 1.54) is 0 Å². The Hall–Kier alpha value is -2.11. The van der Waals surface area contributed by atoms with E-state index in [1.807, 2.05) is 22.5 Å². The van der Waals surface area contributed by atoms with Crippen molar-refractivity contribution in [3.8, 4) is 0 Å². The minimum atomic E-state index is 0.00227. The van der Waals surface area contributed by atoms with Crippen LogP contribution in [0.3, 0.4) is 0 Å².